The Labute approximate surface area is 198 Å². The number of fused-ring (bicyclic) bond motifs is 5. The van der Waals surface area contributed by atoms with E-state index in [4.69, 9.17) is 11.6 Å². The van der Waals surface area contributed by atoms with E-state index in [1.165, 1.54) is 10.5 Å². The van der Waals surface area contributed by atoms with Gasteiger partial charge in [-0.1, -0.05) is 90.5 Å². The Hall–Kier alpha value is -3.43. The molecule has 1 saturated heterocycles. The van der Waals surface area contributed by atoms with Crippen molar-refractivity contribution in [2.45, 2.75) is 6.92 Å². The van der Waals surface area contributed by atoms with E-state index in [9.17, 15) is 9.59 Å². The maximum atomic E-state index is 13.6. The van der Waals surface area contributed by atoms with Gasteiger partial charge in [-0.05, 0) is 46.9 Å². The normalized spacial score (nSPS) is 25.2. The molecule has 2 bridgehead atoms. The summed E-state index contributed by atoms with van der Waals surface area (Å²) in [5.41, 5.74) is 6.02. The van der Waals surface area contributed by atoms with Crippen LogP contribution in [0.1, 0.15) is 16.7 Å². The molecule has 4 heteroatoms. The third-order valence-corrected chi connectivity index (χ3v) is 7.65. The van der Waals surface area contributed by atoms with Gasteiger partial charge >= 0.3 is 0 Å². The van der Waals surface area contributed by atoms with E-state index in [-0.39, 0.29) is 35.5 Å². The Kier molecular flexibility index (Phi) is 4.63. The van der Waals surface area contributed by atoms with E-state index in [1.54, 1.807) is 6.07 Å². The molecule has 4 atom stereocenters. The van der Waals surface area contributed by atoms with Crippen molar-refractivity contribution in [3.8, 4) is 0 Å². The van der Waals surface area contributed by atoms with Crippen molar-refractivity contribution in [3.63, 3.8) is 0 Å². The Bertz CT molecular complexity index is 1270. The van der Waals surface area contributed by atoms with Crippen molar-refractivity contribution < 1.29 is 9.59 Å². The topological polar surface area (TPSA) is 37.4 Å². The van der Waals surface area contributed by atoms with Gasteiger partial charge in [0, 0.05) is 16.9 Å². The summed E-state index contributed by atoms with van der Waals surface area (Å²) in [4.78, 5) is 28.6. The number of nitrogens with zero attached hydrogens (tertiary/aromatic N) is 1. The minimum Gasteiger partial charge on any atom is -0.274 e. The first-order chi connectivity index (χ1) is 16.1. The Morgan fingerprint density at radius 1 is 0.758 bits per heavy atom. The summed E-state index contributed by atoms with van der Waals surface area (Å²) in [5.74, 6) is -1.16. The molecule has 6 rings (SSSR count). The van der Waals surface area contributed by atoms with Crippen molar-refractivity contribution in [1.29, 1.82) is 0 Å². The maximum Gasteiger partial charge on any atom is 0.238 e. The highest BCUT2D eigenvalue weighted by Gasteiger charge is 2.62. The molecule has 33 heavy (non-hydrogen) atoms. The number of hydrogen-bond acceptors (Lipinski definition) is 2. The van der Waals surface area contributed by atoms with Crippen LogP contribution in [0.25, 0.3) is 5.57 Å². The monoisotopic (exact) mass is 451 g/mol. The molecule has 1 saturated carbocycles. The molecule has 2 fully saturated rings. The van der Waals surface area contributed by atoms with Gasteiger partial charge in [-0.25, -0.2) is 4.90 Å². The van der Waals surface area contributed by atoms with Gasteiger partial charge in [0.1, 0.15) is 0 Å². The SMILES string of the molecule is Cc1ccc(N2C(=O)[C@@H]3[C@@H](C2=O)[C@H]2C=C[C@H]3C2=C(c2ccccc2)c2ccccc2)cc1Cl. The second kappa shape index (κ2) is 7.57. The molecule has 2 amide bonds. The number of imide groups is 1. The van der Waals surface area contributed by atoms with E-state index in [0.29, 0.717) is 10.7 Å². The predicted octanol–water partition coefficient (Wildman–Crippen LogP) is 6.07. The number of anilines is 1. The molecule has 3 aromatic rings. The molecule has 162 valence electrons. The number of amides is 2. The number of rotatable bonds is 3. The summed E-state index contributed by atoms with van der Waals surface area (Å²) >= 11 is 6.31. The Morgan fingerprint density at radius 2 is 1.27 bits per heavy atom. The van der Waals surface area contributed by atoms with Gasteiger partial charge in [0.15, 0.2) is 0 Å². The highest BCUT2D eigenvalue weighted by atomic mass is 35.5. The predicted molar refractivity (Wildman–Crippen MR) is 131 cm³/mol. The zero-order chi connectivity index (χ0) is 22.7. The van der Waals surface area contributed by atoms with Crippen LogP contribution in [0, 0.1) is 30.6 Å². The fraction of sp³-hybridized carbons (Fsp3) is 0.172. The van der Waals surface area contributed by atoms with Gasteiger partial charge in [0.05, 0.1) is 17.5 Å². The smallest absolute Gasteiger partial charge is 0.238 e. The van der Waals surface area contributed by atoms with Crippen LogP contribution in [-0.4, -0.2) is 11.8 Å². The van der Waals surface area contributed by atoms with E-state index in [0.717, 1.165) is 22.3 Å². The molecule has 0 radical (unpaired) electrons. The summed E-state index contributed by atoms with van der Waals surface area (Å²) in [6.07, 6.45) is 4.26. The van der Waals surface area contributed by atoms with Crippen molar-refractivity contribution in [3.05, 3.63) is 118 Å². The lowest BCUT2D eigenvalue weighted by Gasteiger charge is -2.22. The highest BCUT2D eigenvalue weighted by Crippen LogP contribution is 2.58. The highest BCUT2D eigenvalue weighted by molar-refractivity contribution is 6.32. The van der Waals surface area contributed by atoms with Crippen LogP contribution in [-0.2, 0) is 9.59 Å². The minimum atomic E-state index is -0.370. The number of carbonyl (C=O) groups excluding carboxylic acids is 2. The first-order valence-corrected chi connectivity index (χ1v) is 11.6. The molecule has 3 nitrogen and oxygen atoms in total. The molecular formula is C29H22ClNO2. The number of carbonyl (C=O) groups is 2. The molecule has 0 N–H and O–H groups in total. The van der Waals surface area contributed by atoms with Crippen LogP contribution < -0.4 is 4.90 Å². The second-order valence-corrected chi connectivity index (χ2v) is 9.40. The van der Waals surface area contributed by atoms with Crippen molar-refractivity contribution >= 4 is 34.7 Å². The summed E-state index contributed by atoms with van der Waals surface area (Å²) in [6.45, 7) is 1.91. The Morgan fingerprint density at radius 3 is 1.76 bits per heavy atom. The average molecular weight is 452 g/mol. The van der Waals surface area contributed by atoms with Crippen LogP contribution in [0.4, 0.5) is 5.69 Å². The quantitative estimate of drug-likeness (QED) is 0.358. The number of allylic oxidation sites excluding steroid dienone is 3. The van der Waals surface area contributed by atoms with Crippen LogP contribution in [0.3, 0.4) is 0 Å². The van der Waals surface area contributed by atoms with Crippen LogP contribution in [0.15, 0.2) is 96.6 Å². The number of halogens is 1. The molecule has 0 aromatic heterocycles. The molecule has 0 spiro atoms. The lowest BCUT2D eigenvalue weighted by Crippen LogP contribution is -2.33. The number of benzene rings is 3. The van der Waals surface area contributed by atoms with E-state index in [2.05, 4.69) is 36.4 Å². The fourth-order valence-electron chi connectivity index (χ4n) is 5.78. The Balaban J connectivity index is 1.48. The maximum absolute atomic E-state index is 13.6. The molecule has 3 aliphatic rings. The first kappa shape index (κ1) is 20.2. The second-order valence-electron chi connectivity index (χ2n) is 9.00. The first-order valence-electron chi connectivity index (χ1n) is 11.2. The van der Waals surface area contributed by atoms with Gasteiger partial charge in [0.2, 0.25) is 11.8 Å². The van der Waals surface area contributed by atoms with Gasteiger partial charge < -0.3 is 0 Å². The summed E-state index contributed by atoms with van der Waals surface area (Å²) in [5, 5.41) is 0.558. The van der Waals surface area contributed by atoms with Gasteiger partial charge in [0.25, 0.3) is 0 Å². The fourth-order valence-corrected chi connectivity index (χ4v) is 5.96. The van der Waals surface area contributed by atoms with Gasteiger partial charge in [-0.2, -0.15) is 0 Å². The number of aryl methyl sites for hydroxylation is 1. The summed E-state index contributed by atoms with van der Waals surface area (Å²) in [7, 11) is 0. The van der Waals surface area contributed by atoms with Crippen molar-refractivity contribution in [2.24, 2.45) is 23.7 Å². The van der Waals surface area contributed by atoms with Crippen molar-refractivity contribution in [2.75, 3.05) is 4.90 Å². The van der Waals surface area contributed by atoms with Gasteiger partial charge in [-0.3, -0.25) is 9.59 Å². The van der Waals surface area contributed by atoms with E-state index < -0.39 is 0 Å². The lowest BCUT2D eigenvalue weighted by atomic mass is 9.85. The van der Waals surface area contributed by atoms with Gasteiger partial charge in [-0.15, -0.1) is 0 Å². The lowest BCUT2D eigenvalue weighted by molar-refractivity contribution is -0.122. The zero-order valence-electron chi connectivity index (χ0n) is 18.1. The summed E-state index contributed by atoms with van der Waals surface area (Å²) in [6, 6.07) is 25.9. The third kappa shape index (κ3) is 2.96. The van der Waals surface area contributed by atoms with E-state index >= 15 is 0 Å². The molecule has 3 aromatic carbocycles. The van der Waals surface area contributed by atoms with Crippen LogP contribution in [0.2, 0.25) is 5.02 Å². The average Bonchev–Trinajstić information content (AvgIpc) is 3.47. The van der Waals surface area contributed by atoms with E-state index in [1.807, 2.05) is 55.5 Å². The largest absolute Gasteiger partial charge is 0.274 e. The molecule has 1 heterocycles. The molecular weight excluding hydrogens is 430 g/mol. The molecule has 0 unspecified atom stereocenters. The standard InChI is InChI=1S/C29H22ClNO2/c1-17-12-13-20(16-23(17)30)31-28(32)26-21-14-15-22(27(26)29(31)33)25(21)24(18-8-4-2-5-9-18)19-10-6-3-7-11-19/h2-16,21-22,26-27H,1H3/t21-,22-,26-,27-/m0/s1. The zero-order valence-corrected chi connectivity index (χ0v) is 18.9. The van der Waals surface area contributed by atoms with Crippen LogP contribution >= 0.6 is 11.6 Å². The third-order valence-electron chi connectivity index (χ3n) is 7.24. The molecule has 1 aliphatic heterocycles. The summed E-state index contributed by atoms with van der Waals surface area (Å²) < 4.78 is 0. The van der Waals surface area contributed by atoms with Crippen molar-refractivity contribution in [1.82, 2.24) is 0 Å². The minimum absolute atomic E-state index is 0.0854. The number of hydrogen-bond donors (Lipinski definition) is 0. The van der Waals surface area contributed by atoms with Crippen LogP contribution in [0.5, 0.6) is 0 Å². The molecule has 2 aliphatic carbocycles.